The molecule has 0 spiro atoms. The molecule has 1 aliphatic rings. The number of hydrogen-bond donors (Lipinski definition) is 3. The Morgan fingerprint density at radius 1 is 1.50 bits per heavy atom. The van der Waals surface area contributed by atoms with E-state index in [9.17, 15) is 9.90 Å². The van der Waals surface area contributed by atoms with Crippen LogP contribution in [0, 0.1) is 5.92 Å². The minimum atomic E-state index is -0.143. The number of Topliss-reactive ketones (excluding diaryl/α,β-unsaturated/α-hetero) is 1. The van der Waals surface area contributed by atoms with Gasteiger partial charge in [-0.3, -0.25) is 4.79 Å². The second-order valence-corrected chi connectivity index (χ2v) is 5.07. The van der Waals surface area contributed by atoms with Gasteiger partial charge < -0.3 is 16.2 Å². The van der Waals surface area contributed by atoms with E-state index < -0.39 is 0 Å². The largest absolute Gasteiger partial charge is 0.398 e. The summed E-state index contributed by atoms with van der Waals surface area (Å²) < 4.78 is 0. The van der Waals surface area contributed by atoms with E-state index in [1.54, 1.807) is 12.1 Å². The number of nitrogens with two attached hydrogens (primary N) is 1. The third kappa shape index (κ3) is 3.01. The summed E-state index contributed by atoms with van der Waals surface area (Å²) in [6.07, 6.45) is 2.67. The average molecular weight is 248 g/mol. The fourth-order valence-electron chi connectivity index (χ4n) is 2.47. The molecule has 4 nitrogen and oxygen atoms in total. The lowest BCUT2D eigenvalue weighted by atomic mass is 10.1. The van der Waals surface area contributed by atoms with Crippen LogP contribution < -0.4 is 11.1 Å². The van der Waals surface area contributed by atoms with Crippen LogP contribution in [0.5, 0.6) is 0 Å². The molecule has 4 heteroatoms. The Balaban J connectivity index is 1.97. The van der Waals surface area contributed by atoms with Gasteiger partial charge in [0.25, 0.3) is 0 Å². The van der Waals surface area contributed by atoms with Gasteiger partial charge in [0.05, 0.1) is 6.10 Å². The number of aliphatic hydroxyl groups is 1. The highest BCUT2D eigenvalue weighted by atomic mass is 16.3. The predicted octanol–water partition coefficient (Wildman–Crippen LogP) is 2.04. The molecule has 2 unspecified atom stereocenters. The number of ketones is 1. The lowest BCUT2D eigenvalue weighted by Gasteiger charge is -2.13. The Kier molecular flexibility index (Phi) is 3.87. The Bertz CT molecular complexity index is 445. The van der Waals surface area contributed by atoms with Gasteiger partial charge in [-0.05, 0) is 50.3 Å². The highest BCUT2D eigenvalue weighted by molar-refractivity contribution is 5.99. The van der Waals surface area contributed by atoms with E-state index in [1.165, 1.54) is 6.92 Å². The molecule has 2 rings (SSSR count). The van der Waals surface area contributed by atoms with E-state index in [0.717, 1.165) is 31.5 Å². The summed E-state index contributed by atoms with van der Waals surface area (Å²) in [7, 11) is 0. The van der Waals surface area contributed by atoms with Gasteiger partial charge in [-0.2, -0.15) is 0 Å². The molecule has 1 saturated carbocycles. The molecule has 1 aromatic carbocycles. The minimum Gasteiger partial charge on any atom is -0.398 e. The van der Waals surface area contributed by atoms with Gasteiger partial charge in [0.15, 0.2) is 5.78 Å². The van der Waals surface area contributed by atoms with E-state index in [0.29, 0.717) is 17.2 Å². The van der Waals surface area contributed by atoms with Gasteiger partial charge in [0.2, 0.25) is 0 Å². The zero-order valence-corrected chi connectivity index (χ0v) is 10.6. The Morgan fingerprint density at radius 3 is 2.89 bits per heavy atom. The molecule has 18 heavy (non-hydrogen) atoms. The molecule has 0 aliphatic heterocycles. The zero-order valence-electron chi connectivity index (χ0n) is 10.6. The van der Waals surface area contributed by atoms with Gasteiger partial charge in [0.1, 0.15) is 0 Å². The standard InChI is InChI=1S/C14H20N2O2/c1-9(17)13-7-11(3-5-14(13)15)16-8-10-2-4-12(18)6-10/h3,5,7,10,12,16,18H,2,4,6,8,15H2,1H3. The predicted molar refractivity (Wildman–Crippen MR) is 72.7 cm³/mol. The summed E-state index contributed by atoms with van der Waals surface area (Å²) >= 11 is 0. The lowest BCUT2D eigenvalue weighted by molar-refractivity contribution is 0.101. The highest BCUT2D eigenvalue weighted by Crippen LogP contribution is 2.26. The first-order valence-corrected chi connectivity index (χ1v) is 6.38. The summed E-state index contributed by atoms with van der Waals surface area (Å²) in [5.74, 6) is 0.491. The fraction of sp³-hybridized carbons (Fsp3) is 0.500. The molecule has 0 radical (unpaired) electrons. The first-order valence-electron chi connectivity index (χ1n) is 6.38. The first kappa shape index (κ1) is 12.9. The van der Waals surface area contributed by atoms with Crippen molar-refractivity contribution in [2.24, 2.45) is 5.92 Å². The van der Waals surface area contributed by atoms with Gasteiger partial charge >= 0.3 is 0 Å². The monoisotopic (exact) mass is 248 g/mol. The first-order chi connectivity index (χ1) is 8.56. The van der Waals surface area contributed by atoms with Crippen LogP contribution in [0.1, 0.15) is 36.5 Å². The molecule has 2 atom stereocenters. The molecule has 98 valence electrons. The second-order valence-electron chi connectivity index (χ2n) is 5.07. The van der Waals surface area contributed by atoms with Crippen molar-refractivity contribution in [1.82, 2.24) is 0 Å². The molecule has 1 fully saturated rings. The average Bonchev–Trinajstić information content (AvgIpc) is 2.74. The molecular weight excluding hydrogens is 228 g/mol. The van der Waals surface area contributed by atoms with Crippen molar-refractivity contribution in [3.63, 3.8) is 0 Å². The van der Waals surface area contributed by atoms with Crippen molar-refractivity contribution < 1.29 is 9.90 Å². The van der Waals surface area contributed by atoms with Crippen molar-refractivity contribution in [2.45, 2.75) is 32.3 Å². The maximum atomic E-state index is 11.4. The van der Waals surface area contributed by atoms with E-state index in [-0.39, 0.29) is 11.9 Å². The van der Waals surface area contributed by atoms with Crippen molar-refractivity contribution in [1.29, 1.82) is 0 Å². The van der Waals surface area contributed by atoms with Crippen molar-refractivity contribution in [3.05, 3.63) is 23.8 Å². The van der Waals surface area contributed by atoms with Crippen LogP contribution in [0.25, 0.3) is 0 Å². The number of benzene rings is 1. The molecule has 4 N–H and O–H groups in total. The summed E-state index contributed by atoms with van der Waals surface area (Å²) in [5.41, 5.74) is 7.74. The maximum absolute atomic E-state index is 11.4. The number of hydrogen-bond acceptors (Lipinski definition) is 4. The Morgan fingerprint density at radius 2 is 2.28 bits per heavy atom. The minimum absolute atomic E-state index is 0.0209. The zero-order chi connectivity index (χ0) is 13.1. The third-order valence-electron chi connectivity index (χ3n) is 3.54. The molecule has 0 heterocycles. The summed E-state index contributed by atoms with van der Waals surface area (Å²) in [5, 5.41) is 12.8. The highest BCUT2D eigenvalue weighted by Gasteiger charge is 2.22. The van der Waals surface area contributed by atoms with Crippen LogP contribution in [-0.4, -0.2) is 23.5 Å². The van der Waals surface area contributed by atoms with Crippen LogP contribution >= 0.6 is 0 Å². The molecule has 0 saturated heterocycles. The number of carbonyl (C=O) groups is 1. The molecular formula is C14H20N2O2. The number of carbonyl (C=O) groups excluding carboxylic acids is 1. The smallest absolute Gasteiger partial charge is 0.161 e. The fourth-order valence-corrected chi connectivity index (χ4v) is 2.47. The Labute approximate surface area is 107 Å². The summed E-state index contributed by atoms with van der Waals surface area (Å²) in [6.45, 7) is 2.35. The second kappa shape index (κ2) is 5.40. The van der Waals surface area contributed by atoms with E-state index in [2.05, 4.69) is 5.32 Å². The number of nitrogen functional groups attached to an aromatic ring is 1. The number of nitrogens with one attached hydrogen (secondary N) is 1. The third-order valence-corrected chi connectivity index (χ3v) is 3.54. The van der Waals surface area contributed by atoms with Crippen molar-refractivity contribution in [3.8, 4) is 0 Å². The van der Waals surface area contributed by atoms with Gasteiger partial charge in [0, 0.05) is 23.5 Å². The molecule has 1 aromatic rings. The topological polar surface area (TPSA) is 75.3 Å². The van der Waals surface area contributed by atoms with E-state index >= 15 is 0 Å². The van der Waals surface area contributed by atoms with E-state index in [4.69, 9.17) is 5.73 Å². The van der Waals surface area contributed by atoms with Crippen LogP contribution in [0.2, 0.25) is 0 Å². The van der Waals surface area contributed by atoms with Gasteiger partial charge in [-0.25, -0.2) is 0 Å². The van der Waals surface area contributed by atoms with Crippen molar-refractivity contribution in [2.75, 3.05) is 17.6 Å². The van der Waals surface area contributed by atoms with Gasteiger partial charge in [-0.15, -0.1) is 0 Å². The lowest BCUT2D eigenvalue weighted by Crippen LogP contribution is -2.13. The van der Waals surface area contributed by atoms with Gasteiger partial charge in [-0.1, -0.05) is 0 Å². The molecule has 1 aliphatic carbocycles. The van der Waals surface area contributed by atoms with Crippen LogP contribution in [0.15, 0.2) is 18.2 Å². The summed E-state index contributed by atoms with van der Waals surface area (Å²) in [6, 6.07) is 5.43. The van der Waals surface area contributed by atoms with Crippen LogP contribution in [0.3, 0.4) is 0 Å². The molecule has 0 amide bonds. The maximum Gasteiger partial charge on any atom is 0.161 e. The molecule has 0 aromatic heterocycles. The van der Waals surface area contributed by atoms with Crippen molar-refractivity contribution >= 4 is 17.2 Å². The van der Waals surface area contributed by atoms with Crippen LogP contribution in [-0.2, 0) is 0 Å². The summed E-state index contributed by atoms with van der Waals surface area (Å²) in [4.78, 5) is 11.4. The Hall–Kier alpha value is -1.55. The number of rotatable bonds is 4. The number of aliphatic hydroxyl groups excluding tert-OH is 1. The SMILES string of the molecule is CC(=O)c1cc(NCC2CCC(O)C2)ccc1N. The van der Waals surface area contributed by atoms with E-state index in [1.807, 2.05) is 6.07 Å². The molecule has 0 bridgehead atoms. The number of anilines is 2. The van der Waals surface area contributed by atoms with Crippen LogP contribution in [0.4, 0.5) is 11.4 Å². The normalized spacial score (nSPS) is 23.0. The quantitative estimate of drug-likeness (QED) is 0.563.